The lowest BCUT2D eigenvalue weighted by atomic mass is 9.70. The van der Waals surface area contributed by atoms with Crippen molar-refractivity contribution in [3.63, 3.8) is 0 Å². The van der Waals surface area contributed by atoms with Gasteiger partial charge in [0.05, 0.1) is 16.9 Å². The van der Waals surface area contributed by atoms with Crippen LogP contribution < -0.4 is 0 Å². The molecule has 0 N–H and O–H groups in total. The normalized spacial score (nSPS) is 27.8. The molecule has 0 aromatic rings. The summed E-state index contributed by atoms with van der Waals surface area (Å²) in [6, 6.07) is 0. The number of ketones is 2. The predicted octanol–water partition coefficient (Wildman–Crippen LogP) is 4.63. The molecule has 2 aliphatic carbocycles. The van der Waals surface area contributed by atoms with Gasteiger partial charge in [-0.25, -0.2) is 3.63 Å². The van der Waals surface area contributed by atoms with Crippen molar-refractivity contribution < 1.29 is 21.6 Å². The minimum absolute atomic E-state index is 0.0615. The molecule has 7 heteroatoms. The lowest BCUT2D eigenvalue weighted by Gasteiger charge is -2.46. The molecule has 2 atom stereocenters. The van der Waals surface area contributed by atoms with Crippen LogP contribution in [-0.2, 0) is 23.3 Å². The SMILES string of the molecule is CCCC(=O)CS(OS(=O)(=O)CC12CCC(CC1=O)C2(C)C)(C(C)C)C(C)C. The highest BCUT2D eigenvalue weighted by molar-refractivity contribution is 8.34. The van der Waals surface area contributed by atoms with Gasteiger partial charge in [0, 0.05) is 23.3 Å². The van der Waals surface area contributed by atoms with E-state index in [1.165, 1.54) is 0 Å². The first-order chi connectivity index (χ1) is 12.7. The first kappa shape index (κ1) is 23.9. The summed E-state index contributed by atoms with van der Waals surface area (Å²) < 4.78 is 32.6. The van der Waals surface area contributed by atoms with Crippen molar-refractivity contribution in [3.8, 4) is 0 Å². The van der Waals surface area contributed by atoms with Crippen LogP contribution in [0, 0.1) is 16.7 Å². The fraction of sp³-hybridized carbons (Fsp3) is 0.905. The molecule has 0 aromatic heterocycles. The number of carbonyl (C=O) groups excluding carboxylic acids is 2. The van der Waals surface area contributed by atoms with E-state index >= 15 is 0 Å². The monoisotopic (exact) mass is 434 g/mol. The van der Waals surface area contributed by atoms with Crippen molar-refractivity contribution >= 4 is 32.0 Å². The van der Waals surface area contributed by atoms with E-state index in [0.717, 1.165) is 12.8 Å². The highest BCUT2D eigenvalue weighted by Crippen LogP contribution is 2.65. The fourth-order valence-corrected chi connectivity index (χ4v) is 12.2. The topological polar surface area (TPSA) is 77.5 Å². The van der Waals surface area contributed by atoms with E-state index < -0.39 is 25.8 Å². The Morgan fingerprint density at radius 1 is 1.18 bits per heavy atom. The molecular formula is C21H38O5S2. The summed E-state index contributed by atoms with van der Waals surface area (Å²) in [4.78, 5) is 25.3. The molecule has 2 aliphatic rings. The van der Waals surface area contributed by atoms with Gasteiger partial charge in [-0.2, -0.15) is 8.42 Å². The zero-order chi connectivity index (χ0) is 21.5. The van der Waals surface area contributed by atoms with Crippen LogP contribution in [0.4, 0.5) is 0 Å². The van der Waals surface area contributed by atoms with Gasteiger partial charge in [-0.15, -0.1) is 10.3 Å². The van der Waals surface area contributed by atoms with Gasteiger partial charge in [0.15, 0.2) is 0 Å². The second-order valence-electron chi connectivity index (χ2n) is 9.75. The molecule has 2 bridgehead atoms. The molecule has 0 heterocycles. The third-order valence-electron chi connectivity index (χ3n) is 7.30. The maximum atomic E-state index is 13.3. The Labute approximate surface area is 173 Å². The van der Waals surface area contributed by atoms with E-state index in [2.05, 4.69) is 0 Å². The zero-order valence-electron chi connectivity index (χ0n) is 18.5. The summed E-state index contributed by atoms with van der Waals surface area (Å²) in [5, 5.41) is -0.131. The van der Waals surface area contributed by atoms with Gasteiger partial charge in [-0.05, 0) is 30.6 Å². The summed E-state index contributed by atoms with van der Waals surface area (Å²) in [6.45, 7) is 13.8. The van der Waals surface area contributed by atoms with Crippen molar-refractivity contribution in [3.05, 3.63) is 0 Å². The molecule has 0 spiro atoms. The quantitative estimate of drug-likeness (QED) is 0.501. The molecule has 0 aromatic carbocycles. The van der Waals surface area contributed by atoms with Crippen LogP contribution in [-0.4, -0.2) is 42.0 Å². The Kier molecular flexibility index (Phi) is 6.84. The van der Waals surface area contributed by atoms with Gasteiger partial charge in [0.1, 0.15) is 11.6 Å². The standard InChI is InChI=1S/C21H38O5S2/c1-8-9-18(22)13-27(15(2)3,16(4)5)26-28(24,25)14-21-11-10-17(12-19(21)23)20(21,6)7/h15-17H,8-14H2,1-7H3. The first-order valence-electron chi connectivity index (χ1n) is 10.5. The van der Waals surface area contributed by atoms with Crippen LogP contribution >= 0.6 is 10.3 Å². The Bertz CT molecular complexity index is 715. The number of fused-ring (bicyclic) bond motifs is 2. The maximum absolute atomic E-state index is 13.3. The Balaban J connectivity index is 2.35. The number of hydrogen-bond donors (Lipinski definition) is 0. The highest BCUT2D eigenvalue weighted by Gasteiger charge is 2.65. The van der Waals surface area contributed by atoms with Crippen molar-refractivity contribution in [2.24, 2.45) is 16.7 Å². The van der Waals surface area contributed by atoms with E-state index in [9.17, 15) is 18.0 Å². The third-order valence-corrected chi connectivity index (χ3v) is 14.0. The molecule has 28 heavy (non-hydrogen) atoms. The average Bonchev–Trinajstić information content (AvgIpc) is 2.87. The summed E-state index contributed by atoms with van der Waals surface area (Å²) in [5.74, 6) is 0.304. The second kappa shape index (κ2) is 8.03. The fourth-order valence-electron chi connectivity index (χ4n) is 5.29. The van der Waals surface area contributed by atoms with E-state index in [0.29, 0.717) is 19.3 Å². The lowest BCUT2D eigenvalue weighted by Crippen LogP contribution is -2.43. The molecule has 0 aliphatic heterocycles. The number of Topliss-reactive ketones (excluding diaryl/α,β-unsaturated/α-hetero) is 2. The van der Waals surface area contributed by atoms with E-state index in [1.807, 2.05) is 48.5 Å². The van der Waals surface area contributed by atoms with E-state index in [1.54, 1.807) is 0 Å². The molecule has 0 radical (unpaired) electrons. The zero-order valence-corrected chi connectivity index (χ0v) is 20.2. The van der Waals surface area contributed by atoms with Gasteiger partial charge in [-0.3, -0.25) is 9.59 Å². The summed E-state index contributed by atoms with van der Waals surface area (Å²) in [6.07, 6.45) is 3.17. The maximum Gasteiger partial charge on any atom is 0.277 e. The molecule has 164 valence electrons. The molecule has 5 nitrogen and oxygen atoms in total. The summed E-state index contributed by atoms with van der Waals surface area (Å²) >= 11 is 0. The predicted molar refractivity (Wildman–Crippen MR) is 116 cm³/mol. The summed E-state index contributed by atoms with van der Waals surface area (Å²) in [7, 11) is -6.13. The number of hydrogen-bond acceptors (Lipinski definition) is 5. The van der Waals surface area contributed by atoms with Crippen LogP contribution in [0.15, 0.2) is 0 Å². The van der Waals surface area contributed by atoms with Crippen molar-refractivity contribution in [1.29, 1.82) is 0 Å². The Hall–Kier alpha value is -0.400. The van der Waals surface area contributed by atoms with Gasteiger partial charge in [0.25, 0.3) is 10.1 Å². The van der Waals surface area contributed by atoms with Crippen molar-refractivity contribution in [2.75, 3.05) is 11.5 Å². The van der Waals surface area contributed by atoms with Crippen LogP contribution in [0.1, 0.15) is 80.6 Å². The van der Waals surface area contributed by atoms with E-state index in [4.69, 9.17) is 3.63 Å². The third kappa shape index (κ3) is 3.95. The molecule has 2 unspecified atom stereocenters. The molecule has 2 rings (SSSR count). The van der Waals surface area contributed by atoms with Crippen LogP contribution in [0.25, 0.3) is 0 Å². The first-order valence-corrected chi connectivity index (χ1v) is 13.9. The number of carbonyl (C=O) groups is 2. The Morgan fingerprint density at radius 3 is 2.14 bits per heavy atom. The van der Waals surface area contributed by atoms with Gasteiger partial charge in [-0.1, -0.05) is 48.5 Å². The minimum Gasteiger partial charge on any atom is -0.299 e. The summed E-state index contributed by atoms with van der Waals surface area (Å²) in [5.41, 5.74) is -1.17. The number of rotatable bonds is 10. The molecule has 2 saturated carbocycles. The average molecular weight is 435 g/mol. The van der Waals surface area contributed by atoms with Crippen molar-refractivity contribution in [2.45, 2.75) is 91.1 Å². The molecule has 2 fully saturated rings. The van der Waals surface area contributed by atoms with Gasteiger partial charge >= 0.3 is 0 Å². The van der Waals surface area contributed by atoms with Crippen LogP contribution in [0.3, 0.4) is 0 Å². The minimum atomic E-state index is -3.96. The highest BCUT2D eigenvalue weighted by atomic mass is 32.3. The molecule has 0 amide bonds. The van der Waals surface area contributed by atoms with Gasteiger partial charge < -0.3 is 0 Å². The molecular weight excluding hydrogens is 396 g/mol. The van der Waals surface area contributed by atoms with Crippen LogP contribution in [0.2, 0.25) is 0 Å². The Morgan fingerprint density at radius 2 is 1.75 bits per heavy atom. The largest absolute Gasteiger partial charge is 0.299 e. The van der Waals surface area contributed by atoms with E-state index in [-0.39, 0.29) is 44.9 Å². The molecule has 0 saturated heterocycles. The van der Waals surface area contributed by atoms with Crippen molar-refractivity contribution in [1.82, 2.24) is 0 Å². The second-order valence-corrected chi connectivity index (χ2v) is 15.4. The van der Waals surface area contributed by atoms with Gasteiger partial charge in [0.2, 0.25) is 0 Å². The lowest BCUT2D eigenvalue weighted by molar-refractivity contribution is -0.128. The van der Waals surface area contributed by atoms with Crippen LogP contribution in [0.5, 0.6) is 0 Å². The smallest absolute Gasteiger partial charge is 0.277 e.